The monoisotopic (exact) mass is 407 g/mol. The van der Waals surface area contributed by atoms with Gasteiger partial charge in [-0.1, -0.05) is 37.3 Å². The number of carbonyl (C=O) groups is 2. The summed E-state index contributed by atoms with van der Waals surface area (Å²) in [6.07, 6.45) is 6.18. The Labute approximate surface area is 179 Å². The number of nitrogens with one attached hydrogen (secondary N) is 1. The van der Waals surface area contributed by atoms with Gasteiger partial charge in [-0.15, -0.1) is 0 Å². The van der Waals surface area contributed by atoms with Gasteiger partial charge in [-0.3, -0.25) is 9.59 Å². The van der Waals surface area contributed by atoms with E-state index in [9.17, 15) is 9.59 Å². The number of nitrogens with zero attached hydrogens (tertiary/aromatic N) is 2. The minimum atomic E-state index is -0.0757. The van der Waals surface area contributed by atoms with Crippen molar-refractivity contribution in [1.82, 2.24) is 14.8 Å². The van der Waals surface area contributed by atoms with Gasteiger partial charge in [-0.05, 0) is 63.0 Å². The van der Waals surface area contributed by atoms with Crippen molar-refractivity contribution in [2.75, 3.05) is 7.05 Å². The molecule has 4 rings (SSSR count). The second-order valence-corrected chi connectivity index (χ2v) is 8.84. The molecule has 0 radical (unpaired) electrons. The second-order valence-electron chi connectivity index (χ2n) is 8.84. The Morgan fingerprint density at radius 3 is 2.60 bits per heavy atom. The summed E-state index contributed by atoms with van der Waals surface area (Å²) in [5, 5.41) is 3.20. The van der Waals surface area contributed by atoms with Crippen LogP contribution in [0.25, 0.3) is 0 Å². The summed E-state index contributed by atoms with van der Waals surface area (Å²) in [5.41, 5.74) is 3.45. The molecule has 2 heterocycles. The summed E-state index contributed by atoms with van der Waals surface area (Å²) in [6, 6.07) is 12.1. The van der Waals surface area contributed by atoms with Crippen molar-refractivity contribution >= 4 is 11.8 Å². The lowest BCUT2D eigenvalue weighted by molar-refractivity contribution is 0.0715. The Hall–Kier alpha value is -2.56. The number of hydrogen-bond acceptors (Lipinski definition) is 2. The van der Waals surface area contributed by atoms with Crippen molar-refractivity contribution in [3.63, 3.8) is 0 Å². The molecule has 0 spiro atoms. The molecule has 1 aliphatic heterocycles. The molecular formula is C25H33N3O2. The van der Waals surface area contributed by atoms with Crippen LogP contribution in [0.2, 0.25) is 0 Å². The lowest BCUT2D eigenvalue weighted by atomic mass is 10.0. The summed E-state index contributed by atoms with van der Waals surface area (Å²) in [7, 11) is 1.90. The van der Waals surface area contributed by atoms with Crippen molar-refractivity contribution in [2.24, 2.45) is 5.92 Å². The Morgan fingerprint density at radius 2 is 1.93 bits per heavy atom. The zero-order chi connectivity index (χ0) is 21.3. The number of carbonyl (C=O) groups excluding carboxylic acids is 2. The third kappa shape index (κ3) is 4.03. The van der Waals surface area contributed by atoms with Crippen LogP contribution in [0.15, 0.2) is 36.4 Å². The van der Waals surface area contributed by atoms with Crippen LogP contribution in [0.4, 0.5) is 0 Å². The molecule has 2 aliphatic rings. The quantitative estimate of drug-likeness (QED) is 0.731. The van der Waals surface area contributed by atoms with Crippen LogP contribution in [0.1, 0.15) is 84.1 Å². The summed E-state index contributed by atoms with van der Waals surface area (Å²) >= 11 is 0. The van der Waals surface area contributed by atoms with Crippen LogP contribution in [-0.2, 0) is 13.0 Å². The highest BCUT2D eigenvalue weighted by molar-refractivity contribution is 6.01. The van der Waals surface area contributed by atoms with Gasteiger partial charge >= 0.3 is 0 Å². The van der Waals surface area contributed by atoms with Crippen LogP contribution in [0.5, 0.6) is 0 Å². The van der Waals surface area contributed by atoms with Gasteiger partial charge in [0.1, 0.15) is 5.69 Å². The molecule has 1 aromatic heterocycles. The molecule has 1 fully saturated rings. The maximum atomic E-state index is 13.3. The fourth-order valence-electron chi connectivity index (χ4n) is 4.65. The Kier molecular flexibility index (Phi) is 5.98. The van der Waals surface area contributed by atoms with Gasteiger partial charge in [0.15, 0.2) is 0 Å². The van der Waals surface area contributed by atoms with E-state index in [1.54, 1.807) is 0 Å². The largest absolute Gasteiger partial charge is 0.345 e. The SMILES string of the molecule is CC[C@@H](NC(=O)c1cc(C(=O)N(C)[C@H](C)C2CC2)n2c1CCCC2)c1ccccc1. The average molecular weight is 408 g/mol. The van der Waals surface area contributed by atoms with E-state index in [4.69, 9.17) is 0 Å². The third-order valence-corrected chi connectivity index (χ3v) is 6.87. The predicted octanol–water partition coefficient (Wildman–Crippen LogP) is 4.58. The fraction of sp³-hybridized carbons (Fsp3) is 0.520. The van der Waals surface area contributed by atoms with E-state index in [2.05, 4.69) is 23.7 Å². The maximum absolute atomic E-state index is 13.3. The number of rotatable bonds is 7. The van der Waals surface area contributed by atoms with Crippen LogP contribution in [-0.4, -0.2) is 34.4 Å². The molecule has 1 aliphatic carbocycles. The number of amides is 2. The lowest BCUT2D eigenvalue weighted by Gasteiger charge is -2.26. The molecule has 160 valence electrons. The molecule has 0 unspecified atom stereocenters. The maximum Gasteiger partial charge on any atom is 0.270 e. The van der Waals surface area contributed by atoms with Crippen LogP contribution in [0, 0.1) is 5.92 Å². The summed E-state index contributed by atoms with van der Waals surface area (Å²) in [6.45, 7) is 5.02. The van der Waals surface area contributed by atoms with Crippen molar-refractivity contribution in [1.29, 1.82) is 0 Å². The second kappa shape index (κ2) is 8.66. The minimum Gasteiger partial charge on any atom is -0.345 e. The van der Waals surface area contributed by atoms with Crippen LogP contribution >= 0.6 is 0 Å². The highest BCUT2D eigenvalue weighted by Crippen LogP contribution is 2.35. The zero-order valence-electron chi connectivity index (χ0n) is 18.4. The van der Waals surface area contributed by atoms with E-state index < -0.39 is 0 Å². The van der Waals surface area contributed by atoms with E-state index in [0.29, 0.717) is 17.2 Å². The first kappa shape index (κ1) is 20.7. The molecule has 1 aromatic carbocycles. The first-order valence-electron chi connectivity index (χ1n) is 11.4. The molecule has 1 saturated carbocycles. The Balaban J connectivity index is 1.60. The first-order chi connectivity index (χ1) is 14.5. The van der Waals surface area contributed by atoms with Gasteiger partial charge in [-0.25, -0.2) is 0 Å². The van der Waals surface area contributed by atoms with Gasteiger partial charge < -0.3 is 14.8 Å². The van der Waals surface area contributed by atoms with E-state index in [0.717, 1.165) is 43.5 Å². The third-order valence-electron chi connectivity index (χ3n) is 6.87. The van der Waals surface area contributed by atoms with Gasteiger partial charge in [0, 0.05) is 25.3 Å². The molecule has 0 bridgehead atoms. The standard InChI is InChI=1S/C25H33N3O2/c1-4-21(19-10-6-5-7-11-19)26-24(29)20-16-23(28-15-9-8-12-22(20)28)25(30)27(3)17(2)18-13-14-18/h5-7,10-11,16-18,21H,4,8-9,12-15H2,1-3H3,(H,26,29)/t17-,21-/m1/s1. The average Bonchev–Trinajstić information content (AvgIpc) is 3.56. The molecule has 0 saturated heterocycles. The van der Waals surface area contributed by atoms with Gasteiger partial charge in [0.2, 0.25) is 0 Å². The zero-order valence-corrected chi connectivity index (χ0v) is 18.4. The summed E-state index contributed by atoms with van der Waals surface area (Å²) < 4.78 is 2.10. The summed E-state index contributed by atoms with van der Waals surface area (Å²) in [4.78, 5) is 28.4. The van der Waals surface area contributed by atoms with Gasteiger partial charge in [0.25, 0.3) is 11.8 Å². The fourth-order valence-corrected chi connectivity index (χ4v) is 4.65. The molecule has 30 heavy (non-hydrogen) atoms. The van der Waals surface area contributed by atoms with Crippen molar-refractivity contribution in [3.05, 3.63) is 58.9 Å². The van der Waals surface area contributed by atoms with Gasteiger partial charge in [0.05, 0.1) is 11.6 Å². The number of aromatic nitrogens is 1. The lowest BCUT2D eigenvalue weighted by Crippen LogP contribution is -2.37. The molecule has 2 amide bonds. The van der Waals surface area contributed by atoms with Crippen LogP contribution in [0.3, 0.4) is 0 Å². The Bertz CT molecular complexity index is 914. The molecule has 2 aromatic rings. The number of hydrogen-bond donors (Lipinski definition) is 1. The smallest absolute Gasteiger partial charge is 0.270 e. The number of benzene rings is 1. The molecular weight excluding hydrogens is 374 g/mol. The topological polar surface area (TPSA) is 54.3 Å². The van der Waals surface area contributed by atoms with Crippen LogP contribution < -0.4 is 5.32 Å². The van der Waals surface area contributed by atoms with Crippen molar-refractivity contribution < 1.29 is 9.59 Å². The first-order valence-corrected chi connectivity index (χ1v) is 11.4. The molecule has 5 nitrogen and oxygen atoms in total. The molecule has 5 heteroatoms. The van der Waals surface area contributed by atoms with E-state index in [1.165, 1.54) is 12.8 Å². The van der Waals surface area contributed by atoms with Gasteiger partial charge in [-0.2, -0.15) is 0 Å². The number of fused-ring (bicyclic) bond motifs is 1. The van der Waals surface area contributed by atoms with E-state index in [-0.39, 0.29) is 23.9 Å². The highest BCUT2D eigenvalue weighted by atomic mass is 16.2. The Morgan fingerprint density at radius 1 is 1.20 bits per heavy atom. The molecule has 1 N–H and O–H groups in total. The van der Waals surface area contributed by atoms with Crippen molar-refractivity contribution in [3.8, 4) is 0 Å². The molecule has 2 atom stereocenters. The van der Waals surface area contributed by atoms with E-state index in [1.807, 2.05) is 48.3 Å². The summed E-state index contributed by atoms with van der Waals surface area (Å²) in [5.74, 6) is 0.577. The predicted molar refractivity (Wildman–Crippen MR) is 119 cm³/mol. The van der Waals surface area contributed by atoms with Crippen molar-refractivity contribution in [2.45, 2.75) is 71.0 Å². The normalized spacial score (nSPS) is 17.7. The highest BCUT2D eigenvalue weighted by Gasteiger charge is 2.35. The minimum absolute atomic E-state index is 0.0328. The van der Waals surface area contributed by atoms with E-state index >= 15 is 0 Å².